The molecule has 1 N–H and O–H groups in total. The van der Waals surface area contributed by atoms with Crippen LogP contribution in [0.25, 0.3) is 22.3 Å². The third-order valence-corrected chi connectivity index (χ3v) is 5.83. The average Bonchev–Trinajstić information content (AvgIpc) is 2.90. The van der Waals surface area contributed by atoms with E-state index in [9.17, 15) is 9.59 Å². The molecule has 0 bridgehead atoms. The van der Waals surface area contributed by atoms with Crippen molar-refractivity contribution in [2.24, 2.45) is 0 Å². The van der Waals surface area contributed by atoms with Crippen LogP contribution in [0.15, 0.2) is 106 Å². The van der Waals surface area contributed by atoms with Gasteiger partial charge < -0.3 is 19.2 Å². The van der Waals surface area contributed by atoms with Crippen LogP contribution in [-0.4, -0.2) is 12.5 Å². The SMILES string of the molecule is Cc1ccc2c(=O)c(OCC(=O)Nc3ccc(Oc4ccccc4)cc3)c(-c3ccc(Cl)cc3)oc2c1. The minimum Gasteiger partial charge on any atom is -0.476 e. The van der Waals surface area contributed by atoms with Gasteiger partial charge in [0.05, 0.1) is 5.39 Å². The Hall–Kier alpha value is -4.55. The number of halogens is 1. The maximum atomic E-state index is 13.3. The molecule has 37 heavy (non-hydrogen) atoms. The minimum atomic E-state index is -0.429. The highest BCUT2D eigenvalue weighted by molar-refractivity contribution is 6.30. The van der Waals surface area contributed by atoms with Crippen molar-refractivity contribution in [2.45, 2.75) is 6.92 Å². The smallest absolute Gasteiger partial charge is 0.262 e. The lowest BCUT2D eigenvalue weighted by molar-refractivity contribution is -0.118. The van der Waals surface area contributed by atoms with E-state index in [1.54, 1.807) is 60.7 Å². The second-order valence-electron chi connectivity index (χ2n) is 8.37. The summed E-state index contributed by atoms with van der Waals surface area (Å²) < 4.78 is 17.6. The summed E-state index contributed by atoms with van der Waals surface area (Å²) in [5.74, 6) is 1.11. The second kappa shape index (κ2) is 10.6. The predicted octanol–water partition coefficient (Wildman–Crippen LogP) is 7.23. The third kappa shape index (κ3) is 5.66. The molecule has 0 aliphatic heterocycles. The molecule has 6 nitrogen and oxygen atoms in total. The van der Waals surface area contributed by atoms with Crippen LogP contribution in [0.3, 0.4) is 0 Å². The molecule has 1 aromatic heterocycles. The molecule has 0 spiro atoms. The van der Waals surface area contributed by atoms with E-state index in [0.717, 1.165) is 5.56 Å². The van der Waals surface area contributed by atoms with Crippen molar-refractivity contribution in [3.63, 3.8) is 0 Å². The lowest BCUT2D eigenvalue weighted by atomic mass is 10.1. The maximum absolute atomic E-state index is 13.3. The van der Waals surface area contributed by atoms with Crippen LogP contribution in [0.4, 0.5) is 5.69 Å². The van der Waals surface area contributed by atoms with E-state index in [1.165, 1.54) is 0 Å². The average molecular weight is 512 g/mol. The van der Waals surface area contributed by atoms with Gasteiger partial charge in [0, 0.05) is 16.3 Å². The first-order valence-electron chi connectivity index (χ1n) is 11.6. The number of benzene rings is 4. The van der Waals surface area contributed by atoms with Crippen molar-refractivity contribution in [1.29, 1.82) is 0 Å². The van der Waals surface area contributed by atoms with Crippen molar-refractivity contribution in [2.75, 3.05) is 11.9 Å². The third-order valence-electron chi connectivity index (χ3n) is 5.58. The molecule has 7 heteroatoms. The number of ether oxygens (including phenoxy) is 2. The van der Waals surface area contributed by atoms with Crippen LogP contribution < -0.4 is 20.2 Å². The molecular formula is C30H22ClNO5. The quantitative estimate of drug-likeness (QED) is 0.249. The maximum Gasteiger partial charge on any atom is 0.262 e. The molecule has 184 valence electrons. The highest BCUT2D eigenvalue weighted by Crippen LogP contribution is 2.32. The molecule has 0 radical (unpaired) electrons. The van der Waals surface area contributed by atoms with Crippen molar-refractivity contribution in [3.8, 4) is 28.6 Å². The minimum absolute atomic E-state index is 0.0413. The number of carbonyl (C=O) groups excluding carboxylic acids is 1. The molecule has 5 aromatic rings. The van der Waals surface area contributed by atoms with Gasteiger partial charge in [-0.25, -0.2) is 0 Å². The van der Waals surface area contributed by atoms with E-state index < -0.39 is 5.91 Å². The van der Waals surface area contributed by atoms with Gasteiger partial charge in [0.1, 0.15) is 17.1 Å². The molecule has 0 fully saturated rings. The van der Waals surface area contributed by atoms with Gasteiger partial charge in [-0.2, -0.15) is 0 Å². The molecule has 5 rings (SSSR count). The van der Waals surface area contributed by atoms with E-state index >= 15 is 0 Å². The Kier molecular flexibility index (Phi) is 6.92. The number of aryl methyl sites for hydroxylation is 1. The summed E-state index contributed by atoms with van der Waals surface area (Å²) >= 11 is 6.03. The molecule has 0 aliphatic rings. The summed E-state index contributed by atoms with van der Waals surface area (Å²) in [4.78, 5) is 26.0. The number of para-hydroxylation sites is 1. The number of amides is 1. The first kappa shape index (κ1) is 24.2. The molecule has 0 aliphatic carbocycles. The Morgan fingerprint density at radius 3 is 2.32 bits per heavy atom. The Bertz CT molecular complexity index is 1610. The summed E-state index contributed by atoms with van der Waals surface area (Å²) in [6.45, 7) is 1.53. The predicted molar refractivity (Wildman–Crippen MR) is 145 cm³/mol. The van der Waals surface area contributed by atoms with Crippen LogP contribution in [-0.2, 0) is 4.79 Å². The fourth-order valence-electron chi connectivity index (χ4n) is 3.77. The monoisotopic (exact) mass is 511 g/mol. The van der Waals surface area contributed by atoms with E-state index in [0.29, 0.717) is 38.7 Å². The Morgan fingerprint density at radius 2 is 1.59 bits per heavy atom. The van der Waals surface area contributed by atoms with Gasteiger partial charge in [-0.3, -0.25) is 9.59 Å². The van der Waals surface area contributed by atoms with E-state index in [2.05, 4.69) is 5.32 Å². The van der Waals surface area contributed by atoms with Gasteiger partial charge >= 0.3 is 0 Å². The van der Waals surface area contributed by atoms with Crippen LogP contribution in [0, 0.1) is 6.92 Å². The molecule has 0 saturated heterocycles. The normalized spacial score (nSPS) is 10.8. The van der Waals surface area contributed by atoms with E-state index in [-0.39, 0.29) is 23.5 Å². The van der Waals surface area contributed by atoms with Crippen LogP contribution in [0.2, 0.25) is 5.02 Å². The molecule has 1 amide bonds. The Morgan fingerprint density at radius 1 is 0.892 bits per heavy atom. The molecular weight excluding hydrogens is 490 g/mol. The van der Waals surface area contributed by atoms with Gasteiger partial charge in [-0.05, 0) is 85.3 Å². The van der Waals surface area contributed by atoms with Crippen molar-refractivity contribution in [1.82, 2.24) is 0 Å². The van der Waals surface area contributed by atoms with Crippen molar-refractivity contribution >= 4 is 34.2 Å². The van der Waals surface area contributed by atoms with E-state index in [1.807, 2.05) is 43.3 Å². The zero-order valence-corrected chi connectivity index (χ0v) is 20.6. The van der Waals surface area contributed by atoms with Gasteiger partial charge in [0.25, 0.3) is 5.91 Å². The first-order chi connectivity index (χ1) is 18.0. The van der Waals surface area contributed by atoms with Gasteiger partial charge in [-0.15, -0.1) is 0 Å². The largest absolute Gasteiger partial charge is 0.476 e. The van der Waals surface area contributed by atoms with Gasteiger partial charge in [0.2, 0.25) is 11.2 Å². The highest BCUT2D eigenvalue weighted by Gasteiger charge is 2.19. The number of nitrogens with one attached hydrogen (secondary N) is 1. The zero-order valence-electron chi connectivity index (χ0n) is 19.9. The standard InChI is InChI=1S/C30H22ClNO5/c1-19-7-16-25-26(17-19)37-29(20-8-10-21(31)11-9-20)30(28(25)34)35-18-27(33)32-22-12-14-24(15-13-22)36-23-5-3-2-4-6-23/h2-17H,18H2,1H3,(H,32,33). The molecule has 0 unspecified atom stereocenters. The molecule has 0 saturated carbocycles. The van der Waals surface area contributed by atoms with Gasteiger partial charge in [0.15, 0.2) is 12.4 Å². The fraction of sp³-hybridized carbons (Fsp3) is 0.0667. The molecule has 1 heterocycles. The topological polar surface area (TPSA) is 77.8 Å². The van der Waals surface area contributed by atoms with E-state index in [4.69, 9.17) is 25.5 Å². The Balaban J connectivity index is 1.34. The number of rotatable bonds is 7. The number of carbonyl (C=O) groups is 1. The summed E-state index contributed by atoms with van der Waals surface area (Å²) in [6, 6.07) is 28.5. The summed E-state index contributed by atoms with van der Waals surface area (Å²) in [5.41, 5.74) is 2.19. The highest BCUT2D eigenvalue weighted by atomic mass is 35.5. The summed E-state index contributed by atoms with van der Waals surface area (Å²) in [5, 5.41) is 3.68. The number of fused-ring (bicyclic) bond motifs is 1. The number of hydrogen-bond acceptors (Lipinski definition) is 5. The lowest BCUT2D eigenvalue weighted by Crippen LogP contribution is -2.22. The second-order valence-corrected chi connectivity index (χ2v) is 8.81. The number of hydrogen-bond donors (Lipinski definition) is 1. The van der Waals surface area contributed by atoms with Crippen molar-refractivity contribution < 1.29 is 18.7 Å². The van der Waals surface area contributed by atoms with Crippen LogP contribution >= 0.6 is 11.6 Å². The van der Waals surface area contributed by atoms with Crippen LogP contribution in [0.5, 0.6) is 17.2 Å². The molecule has 4 aromatic carbocycles. The van der Waals surface area contributed by atoms with Crippen LogP contribution in [0.1, 0.15) is 5.56 Å². The molecule has 0 atom stereocenters. The first-order valence-corrected chi connectivity index (χ1v) is 11.9. The lowest BCUT2D eigenvalue weighted by Gasteiger charge is -2.12. The zero-order chi connectivity index (χ0) is 25.8. The fourth-order valence-corrected chi connectivity index (χ4v) is 3.90. The number of anilines is 1. The summed E-state index contributed by atoms with van der Waals surface area (Å²) in [6.07, 6.45) is 0. The van der Waals surface area contributed by atoms with Crippen molar-refractivity contribution in [3.05, 3.63) is 118 Å². The Labute approximate surface area is 218 Å². The van der Waals surface area contributed by atoms with Gasteiger partial charge in [-0.1, -0.05) is 35.9 Å². The summed E-state index contributed by atoms with van der Waals surface area (Å²) in [7, 11) is 0.